The Labute approximate surface area is 120 Å². The normalized spacial score (nSPS) is 26.6. The van der Waals surface area contributed by atoms with Crippen LogP contribution >= 0.6 is 0 Å². The molecule has 20 heavy (non-hydrogen) atoms. The Morgan fingerprint density at radius 1 is 1.30 bits per heavy atom. The van der Waals surface area contributed by atoms with E-state index in [9.17, 15) is 4.79 Å². The Morgan fingerprint density at radius 2 is 2.10 bits per heavy atom. The highest BCUT2D eigenvalue weighted by atomic mass is 16.2. The van der Waals surface area contributed by atoms with E-state index in [1.54, 1.807) is 0 Å². The van der Waals surface area contributed by atoms with Crippen molar-refractivity contribution in [1.29, 1.82) is 0 Å². The van der Waals surface area contributed by atoms with Gasteiger partial charge in [0, 0.05) is 37.8 Å². The molecular weight excluding hydrogens is 250 g/mol. The number of carbonyl (C=O) groups excluding carboxylic acids is 1. The molecule has 2 aliphatic rings. The summed E-state index contributed by atoms with van der Waals surface area (Å²) in [7, 11) is 2.13. The van der Waals surface area contributed by atoms with Gasteiger partial charge in [0.25, 0.3) is 5.91 Å². The summed E-state index contributed by atoms with van der Waals surface area (Å²) in [5, 5.41) is 0. The third-order valence-electron chi connectivity index (χ3n) is 4.61. The van der Waals surface area contributed by atoms with Gasteiger partial charge in [-0.05, 0) is 42.6 Å². The van der Waals surface area contributed by atoms with Gasteiger partial charge < -0.3 is 15.5 Å². The first-order valence-corrected chi connectivity index (χ1v) is 7.40. The monoisotopic (exact) mass is 273 g/mol. The van der Waals surface area contributed by atoms with Crippen LogP contribution < -0.4 is 5.73 Å². The van der Waals surface area contributed by atoms with Crippen LogP contribution in [0.15, 0.2) is 18.2 Å². The van der Waals surface area contributed by atoms with E-state index in [0.29, 0.717) is 12.5 Å². The molecule has 3 rings (SSSR count). The largest absolute Gasteiger partial charge is 0.337 e. The summed E-state index contributed by atoms with van der Waals surface area (Å²) >= 11 is 0. The minimum Gasteiger partial charge on any atom is -0.337 e. The minimum atomic E-state index is 0.116. The number of hydrogen-bond acceptors (Lipinski definition) is 3. The number of nitrogens with two attached hydrogens (primary N) is 1. The smallest absolute Gasteiger partial charge is 0.253 e. The van der Waals surface area contributed by atoms with Crippen LogP contribution in [0.25, 0.3) is 0 Å². The van der Waals surface area contributed by atoms with Crippen LogP contribution in [0.3, 0.4) is 0 Å². The highest BCUT2D eigenvalue weighted by Crippen LogP contribution is 2.22. The van der Waals surface area contributed by atoms with Crippen molar-refractivity contribution in [3.8, 4) is 0 Å². The maximum atomic E-state index is 12.5. The summed E-state index contributed by atoms with van der Waals surface area (Å²) in [5.74, 6) is 0.525. The Hall–Kier alpha value is -1.39. The second-order valence-electron chi connectivity index (χ2n) is 6.32. The Balaban J connectivity index is 1.79. The lowest BCUT2D eigenvalue weighted by atomic mass is 9.97. The molecule has 0 spiro atoms. The van der Waals surface area contributed by atoms with Gasteiger partial charge >= 0.3 is 0 Å². The van der Waals surface area contributed by atoms with E-state index in [4.69, 9.17) is 5.73 Å². The number of benzene rings is 1. The van der Waals surface area contributed by atoms with Crippen LogP contribution in [-0.4, -0.2) is 48.4 Å². The summed E-state index contributed by atoms with van der Waals surface area (Å²) in [4.78, 5) is 16.8. The molecular formula is C16H23N3O. The first kappa shape index (κ1) is 13.6. The molecule has 0 bridgehead atoms. The third kappa shape index (κ3) is 2.45. The topological polar surface area (TPSA) is 49.6 Å². The van der Waals surface area contributed by atoms with Gasteiger partial charge in [-0.1, -0.05) is 13.0 Å². The zero-order valence-corrected chi connectivity index (χ0v) is 12.3. The maximum Gasteiger partial charge on any atom is 0.253 e. The molecule has 108 valence electrons. The highest BCUT2D eigenvalue weighted by Gasteiger charge is 2.30. The van der Waals surface area contributed by atoms with E-state index < -0.39 is 0 Å². The number of amides is 1. The number of carbonyl (C=O) groups is 1. The lowest BCUT2D eigenvalue weighted by molar-refractivity contribution is 0.0786. The lowest BCUT2D eigenvalue weighted by Gasteiger charge is -2.25. The molecule has 2 N–H and O–H groups in total. The molecule has 0 aromatic heterocycles. The van der Waals surface area contributed by atoms with E-state index >= 15 is 0 Å². The van der Waals surface area contributed by atoms with Gasteiger partial charge in [-0.2, -0.15) is 0 Å². The Kier molecular flexibility index (Phi) is 3.52. The number of likely N-dealkylation sites (N-methyl/N-ethyl adjacent to an activating group) is 1. The molecule has 2 heterocycles. The van der Waals surface area contributed by atoms with Crippen LogP contribution in [0.1, 0.15) is 28.4 Å². The summed E-state index contributed by atoms with van der Waals surface area (Å²) in [6.45, 7) is 5.62. The predicted molar refractivity (Wildman–Crippen MR) is 79.5 cm³/mol. The second kappa shape index (κ2) is 5.19. The molecule has 4 nitrogen and oxygen atoms in total. The van der Waals surface area contributed by atoms with Gasteiger partial charge in [0.1, 0.15) is 0 Å². The van der Waals surface area contributed by atoms with Gasteiger partial charge in [-0.3, -0.25) is 4.79 Å². The van der Waals surface area contributed by atoms with Gasteiger partial charge in [0.05, 0.1) is 0 Å². The number of nitrogens with zero attached hydrogens (tertiary/aromatic N) is 2. The van der Waals surface area contributed by atoms with Crippen molar-refractivity contribution in [1.82, 2.24) is 9.80 Å². The van der Waals surface area contributed by atoms with Crippen molar-refractivity contribution >= 4 is 5.91 Å². The molecule has 0 saturated carbocycles. The summed E-state index contributed by atoms with van der Waals surface area (Å²) < 4.78 is 0. The molecule has 1 aromatic rings. The highest BCUT2D eigenvalue weighted by molar-refractivity contribution is 5.94. The number of likely N-dealkylation sites (tertiary alicyclic amines) is 1. The zero-order chi connectivity index (χ0) is 14.3. The molecule has 1 amide bonds. The predicted octanol–water partition coefficient (Wildman–Crippen LogP) is 1.09. The molecule has 2 unspecified atom stereocenters. The van der Waals surface area contributed by atoms with E-state index in [0.717, 1.165) is 31.6 Å². The third-order valence-corrected chi connectivity index (χ3v) is 4.61. The van der Waals surface area contributed by atoms with Crippen molar-refractivity contribution in [3.63, 3.8) is 0 Å². The van der Waals surface area contributed by atoms with Crippen molar-refractivity contribution in [2.24, 2.45) is 11.7 Å². The van der Waals surface area contributed by atoms with E-state index in [-0.39, 0.29) is 11.9 Å². The molecule has 0 radical (unpaired) electrons. The quantitative estimate of drug-likeness (QED) is 0.833. The van der Waals surface area contributed by atoms with Crippen molar-refractivity contribution < 1.29 is 4.79 Å². The zero-order valence-electron chi connectivity index (χ0n) is 12.3. The fraction of sp³-hybridized carbons (Fsp3) is 0.562. The SMILES string of the molecule is CC1CN(C(=O)c2ccc3c(c2)CCN(C)C3)CC1N. The Morgan fingerprint density at radius 3 is 2.80 bits per heavy atom. The minimum absolute atomic E-state index is 0.116. The average Bonchev–Trinajstić information content (AvgIpc) is 2.77. The van der Waals surface area contributed by atoms with Crippen molar-refractivity contribution in [2.75, 3.05) is 26.7 Å². The van der Waals surface area contributed by atoms with Crippen LogP contribution in [0.4, 0.5) is 0 Å². The fourth-order valence-corrected chi connectivity index (χ4v) is 3.17. The average molecular weight is 273 g/mol. The lowest BCUT2D eigenvalue weighted by Crippen LogP contribution is -2.32. The molecule has 1 fully saturated rings. The van der Waals surface area contributed by atoms with Crippen LogP contribution in [0.5, 0.6) is 0 Å². The van der Waals surface area contributed by atoms with Crippen LogP contribution in [0.2, 0.25) is 0 Å². The van der Waals surface area contributed by atoms with Gasteiger partial charge in [0.2, 0.25) is 0 Å². The van der Waals surface area contributed by atoms with Crippen molar-refractivity contribution in [3.05, 3.63) is 34.9 Å². The number of fused-ring (bicyclic) bond motifs is 1. The van der Waals surface area contributed by atoms with Gasteiger partial charge in [-0.15, -0.1) is 0 Å². The fourth-order valence-electron chi connectivity index (χ4n) is 3.17. The van der Waals surface area contributed by atoms with E-state index in [2.05, 4.69) is 31.0 Å². The number of rotatable bonds is 1. The summed E-state index contributed by atoms with van der Waals surface area (Å²) in [6.07, 6.45) is 1.03. The first-order chi connectivity index (χ1) is 9.54. The maximum absolute atomic E-state index is 12.5. The Bertz CT molecular complexity index is 518. The summed E-state index contributed by atoms with van der Waals surface area (Å²) in [5.41, 5.74) is 9.50. The molecule has 1 saturated heterocycles. The first-order valence-electron chi connectivity index (χ1n) is 7.40. The van der Waals surface area contributed by atoms with Gasteiger partial charge in [-0.25, -0.2) is 0 Å². The van der Waals surface area contributed by atoms with Gasteiger partial charge in [0.15, 0.2) is 0 Å². The second-order valence-corrected chi connectivity index (χ2v) is 6.32. The van der Waals surface area contributed by atoms with E-state index in [1.165, 1.54) is 11.1 Å². The molecule has 4 heteroatoms. The summed E-state index contributed by atoms with van der Waals surface area (Å²) in [6, 6.07) is 6.27. The molecule has 2 atom stereocenters. The number of hydrogen-bond donors (Lipinski definition) is 1. The molecule has 1 aromatic carbocycles. The molecule has 0 aliphatic carbocycles. The van der Waals surface area contributed by atoms with Crippen LogP contribution in [-0.2, 0) is 13.0 Å². The standard InChI is InChI=1S/C16H23N3O/c1-11-8-19(10-15(11)17)16(20)13-3-4-14-9-18(2)6-5-12(14)7-13/h3-4,7,11,15H,5-6,8-10,17H2,1-2H3. The molecule has 2 aliphatic heterocycles. The van der Waals surface area contributed by atoms with Crippen LogP contribution in [0, 0.1) is 5.92 Å². The van der Waals surface area contributed by atoms with E-state index in [1.807, 2.05) is 11.0 Å². The van der Waals surface area contributed by atoms with Crippen molar-refractivity contribution in [2.45, 2.75) is 25.9 Å².